The van der Waals surface area contributed by atoms with Crippen LogP contribution in [0.3, 0.4) is 0 Å². The molecule has 0 aliphatic heterocycles. The van der Waals surface area contributed by atoms with Crippen LogP contribution in [0.2, 0.25) is 5.02 Å². The molecule has 1 rings (SSSR count). The minimum absolute atomic E-state index is 0.305. The van der Waals surface area contributed by atoms with Crippen molar-refractivity contribution in [3.8, 4) is 0 Å². The van der Waals surface area contributed by atoms with Crippen LogP contribution in [-0.4, -0.2) is 0 Å². The highest BCUT2D eigenvalue weighted by atomic mass is 35.5. The summed E-state index contributed by atoms with van der Waals surface area (Å²) in [6.45, 7) is 9.03. The maximum Gasteiger partial charge on any atom is 0.0406 e. The molecule has 0 nitrogen and oxygen atoms in total. The Hall–Kier alpha value is -0.750. The first-order valence-corrected chi connectivity index (χ1v) is 7.17. The van der Waals surface area contributed by atoms with Gasteiger partial charge in [0.15, 0.2) is 0 Å². The van der Waals surface area contributed by atoms with Gasteiger partial charge in [-0.3, -0.25) is 0 Å². The second-order valence-corrected chi connectivity index (χ2v) is 6.72. The van der Waals surface area contributed by atoms with E-state index in [1.54, 1.807) is 0 Å². The molecule has 0 amide bonds. The minimum Gasteiger partial charge on any atom is -0.0880 e. The average Bonchev–Trinajstić information content (AvgIpc) is 2.26. The highest BCUT2D eigenvalue weighted by Gasteiger charge is 2.05. The van der Waals surface area contributed by atoms with Crippen molar-refractivity contribution in [2.24, 2.45) is 11.3 Å². The zero-order valence-electron chi connectivity index (χ0n) is 12.0. The zero-order valence-corrected chi connectivity index (χ0v) is 12.8. The van der Waals surface area contributed by atoms with E-state index in [9.17, 15) is 0 Å². The van der Waals surface area contributed by atoms with Crippen LogP contribution >= 0.6 is 11.6 Å². The van der Waals surface area contributed by atoms with Crippen molar-refractivity contribution in [3.63, 3.8) is 0 Å². The number of allylic oxidation sites excluding steroid dienone is 2. The van der Waals surface area contributed by atoms with Crippen molar-refractivity contribution in [1.82, 2.24) is 0 Å². The third-order valence-corrected chi connectivity index (χ3v) is 3.19. The van der Waals surface area contributed by atoms with E-state index in [2.05, 4.69) is 52.0 Å². The second-order valence-electron chi connectivity index (χ2n) is 6.28. The van der Waals surface area contributed by atoms with Crippen molar-refractivity contribution in [2.45, 2.75) is 47.0 Å². The van der Waals surface area contributed by atoms with Gasteiger partial charge in [0.1, 0.15) is 0 Å². The summed E-state index contributed by atoms with van der Waals surface area (Å²) >= 11 is 5.88. The van der Waals surface area contributed by atoms with Crippen LogP contribution in [0.25, 0.3) is 0 Å². The van der Waals surface area contributed by atoms with E-state index in [0.717, 1.165) is 17.4 Å². The molecule has 0 saturated carbocycles. The predicted molar refractivity (Wildman–Crippen MR) is 82.1 cm³/mol. The first kappa shape index (κ1) is 15.3. The van der Waals surface area contributed by atoms with Crippen molar-refractivity contribution in [2.75, 3.05) is 0 Å². The zero-order chi connectivity index (χ0) is 13.6. The van der Waals surface area contributed by atoms with E-state index in [1.807, 2.05) is 12.1 Å². The van der Waals surface area contributed by atoms with Gasteiger partial charge in [0.25, 0.3) is 0 Å². The predicted octanol–water partition coefficient (Wildman–Crippen LogP) is 5.90. The SMILES string of the molecule is CC(CC/C=C/C(C)(C)C)Cc1ccc(Cl)cc1. The van der Waals surface area contributed by atoms with E-state index in [-0.39, 0.29) is 0 Å². The third-order valence-electron chi connectivity index (χ3n) is 2.94. The number of rotatable bonds is 5. The molecule has 18 heavy (non-hydrogen) atoms. The van der Waals surface area contributed by atoms with Crippen molar-refractivity contribution in [1.29, 1.82) is 0 Å². The molecule has 0 radical (unpaired) electrons. The van der Waals surface area contributed by atoms with E-state index < -0.39 is 0 Å². The Morgan fingerprint density at radius 1 is 1.17 bits per heavy atom. The fourth-order valence-corrected chi connectivity index (χ4v) is 2.07. The van der Waals surface area contributed by atoms with E-state index in [1.165, 1.54) is 18.4 Å². The molecule has 0 aliphatic rings. The van der Waals surface area contributed by atoms with Gasteiger partial charge in [0, 0.05) is 5.02 Å². The largest absolute Gasteiger partial charge is 0.0880 e. The molecule has 1 aromatic carbocycles. The lowest BCUT2D eigenvalue weighted by Gasteiger charge is -2.12. The summed E-state index contributed by atoms with van der Waals surface area (Å²) in [5.74, 6) is 0.718. The van der Waals surface area contributed by atoms with E-state index in [0.29, 0.717) is 5.41 Å². The van der Waals surface area contributed by atoms with Crippen molar-refractivity contribution in [3.05, 3.63) is 47.0 Å². The van der Waals surface area contributed by atoms with Crippen LogP contribution in [0, 0.1) is 11.3 Å². The maximum atomic E-state index is 5.88. The Morgan fingerprint density at radius 3 is 2.33 bits per heavy atom. The van der Waals surface area contributed by atoms with E-state index >= 15 is 0 Å². The van der Waals surface area contributed by atoms with Crippen LogP contribution in [0.5, 0.6) is 0 Å². The molecule has 1 aromatic rings. The Labute approximate surface area is 117 Å². The average molecular weight is 265 g/mol. The quantitative estimate of drug-likeness (QED) is 0.581. The summed E-state index contributed by atoms with van der Waals surface area (Å²) in [4.78, 5) is 0. The lowest BCUT2D eigenvalue weighted by Crippen LogP contribution is -2.00. The van der Waals surface area contributed by atoms with Gasteiger partial charge in [-0.1, -0.05) is 63.6 Å². The van der Waals surface area contributed by atoms with Crippen molar-refractivity contribution < 1.29 is 0 Å². The molecule has 0 N–H and O–H groups in total. The molecular formula is C17H25Cl. The molecule has 1 heteroatoms. The number of hydrogen-bond acceptors (Lipinski definition) is 0. The number of halogens is 1. The van der Waals surface area contributed by atoms with Crippen molar-refractivity contribution >= 4 is 11.6 Å². The van der Waals surface area contributed by atoms with Crippen LogP contribution in [0.4, 0.5) is 0 Å². The Kier molecular flexibility index (Phi) is 5.95. The molecule has 0 bridgehead atoms. The monoisotopic (exact) mass is 264 g/mol. The van der Waals surface area contributed by atoms with Gasteiger partial charge >= 0.3 is 0 Å². The highest BCUT2D eigenvalue weighted by Crippen LogP contribution is 2.18. The minimum atomic E-state index is 0.305. The normalized spacial score (nSPS) is 14.1. The first-order chi connectivity index (χ1) is 8.37. The summed E-state index contributed by atoms with van der Waals surface area (Å²) < 4.78 is 0. The third kappa shape index (κ3) is 6.86. The van der Waals surface area contributed by atoms with Gasteiger partial charge in [-0.05, 0) is 48.3 Å². The Morgan fingerprint density at radius 2 is 1.78 bits per heavy atom. The van der Waals surface area contributed by atoms with Crippen LogP contribution in [0.1, 0.15) is 46.1 Å². The molecule has 0 fully saturated rings. The van der Waals surface area contributed by atoms with Gasteiger partial charge in [-0.2, -0.15) is 0 Å². The molecule has 1 unspecified atom stereocenters. The Balaban J connectivity index is 2.32. The lowest BCUT2D eigenvalue weighted by molar-refractivity contribution is 0.522. The maximum absolute atomic E-state index is 5.88. The van der Waals surface area contributed by atoms with Crippen LogP contribution in [0.15, 0.2) is 36.4 Å². The van der Waals surface area contributed by atoms with Crippen LogP contribution in [-0.2, 0) is 6.42 Å². The topological polar surface area (TPSA) is 0 Å². The molecule has 1 atom stereocenters. The highest BCUT2D eigenvalue weighted by molar-refractivity contribution is 6.30. The molecular weight excluding hydrogens is 240 g/mol. The molecule has 0 spiro atoms. The summed E-state index contributed by atoms with van der Waals surface area (Å²) in [5, 5.41) is 0.819. The number of hydrogen-bond donors (Lipinski definition) is 0. The lowest BCUT2D eigenvalue weighted by atomic mass is 9.93. The first-order valence-electron chi connectivity index (χ1n) is 6.79. The summed E-state index contributed by atoms with van der Waals surface area (Å²) in [6.07, 6.45) is 8.18. The molecule has 0 saturated heterocycles. The molecule has 0 heterocycles. The smallest absolute Gasteiger partial charge is 0.0406 e. The summed E-state index contributed by atoms with van der Waals surface area (Å²) in [6, 6.07) is 8.21. The molecule has 0 aliphatic carbocycles. The van der Waals surface area contributed by atoms with E-state index in [4.69, 9.17) is 11.6 Å². The molecule has 0 aromatic heterocycles. The fourth-order valence-electron chi connectivity index (χ4n) is 1.94. The fraction of sp³-hybridized carbons (Fsp3) is 0.529. The Bertz CT molecular complexity index is 368. The summed E-state index contributed by atoms with van der Waals surface area (Å²) in [7, 11) is 0. The van der Waals surface area contributed by atoms with Crippen LogP contribution < -0.4 is 0 Å². The standard InChI is InChI=1S/C17H25Cl/c1-14(7-5-6-12-17(2,3)4)13-15-8-10-16(18)11-9-15/h6,8-12,14H,5,7,13H2,1-4H3/b12-6+. The van der Waals surface area contributed by atoms with Gasteiger partial charge in [0.2, 0.25) is 0 Å². The van der Waals surface area contributed by atoms with Gasteiger partial charge in [-0.25, -0.2) is 0 Å². The van der Waals surface area contributed by atoms with Gasteiger partial charge < -0.3 is 0 Å². The summed E-state index contributed by atoms with van der Waals surface area (Å²) in [5.41, 5.74) is 1.69. The second kappa shape index (κ2) is 6.99. The van der Waals surface area contributed by atoms with Gasteiger partial charge in [0.05, 0.1) is 0 Å². The molecule has 100 valence electrons. The number of benzene rings is 1. The van der Waals surface area contributed by atoms with Gasteiger partial charge in [-0.15, -0.1) is 0 Å².